The molecule has 16 heavy (non-hydrogen) atoms. The number of rotatable bonds is 3. The molecule has 0 saturated heterocycles. The molecule has 0 N–H and O–H groups in total. The van der Waals surface area contributed by atoms with Crippen LogP contribution >= 0.6 is 15.9 Å². The zero-order valence-corrected chi connectivity index (χ0v) is 10.6. The van der Waals surface area contributed by atoms with E-state index in [0.717, 1.165) is 0 Å². The summed E-state index contributed by atoms with van der Waals surface area (Å²) < 4.78 is 13.1. The van der Waals surface area contributed by atoms with Gasteiger partial charge in [0, 0.05) is 5.41 Å². The number of carbonyl (C=O) groups is 1. The molecule has 0 aliphatic heterocycles. The normalized spacial score (nSPS) is 10.9. The number of hydrogen-bond acceptors (Lipinski definition) is 1. The Kier molecular flexibility index (Phi) is 3.82. The van der Waals surface area contributed by atoms with Crippen LogP contribution in [0.5, 0.6) is 0 Å². The molecular weight excluding hydrogens is 273 g/mol. The van der Waals surface area contributed by atoms with Crippen molar-refractivity contribution < 1.29 is 9.18 Å². The fourth-order valence-corrected chi connectivity index (χ4v) is 2.02. The Morgan fingerprint density at radius 3 is 2.69 bits per heavy atom. The Bertz CT molecular complexity index is 463. The van der Waals surface area contributed by atoms with Crippen LogP contribution in [0.3, 0.4) is 0 Å². The molecule has 0 fully saturated rings. The SMILES string of the molecule is [C-]#[N+]c1cc(C(C)(C)C(=O)CBr)ccc1F. The number of nitrogens with zero attached hydrogens (tertiary/aromatic N) is 1. The second kappa shape index (κ2) is 4.75. The van der Waals surface area contributed by atoms with Gasteiger partial charge in [0.05, 0.1) is 11.9 Å². The van der Waals surface area contributed by atoms with E-state index in [0.29, 0.717) is 5.56 Å². The van der Waals surface area contributed by atoms with Gasteiger partial charge in [-0.25, -0.2) is 9.24 Å². The van der Waals surface area contributed by atoms with Crippen LogP contribution in [-0.4, -0.2) is 11.1 Å². The third-order valence-corrected chi connectivity index (χ3v) is 3.12. The molecule has 4 heteroatoms. The number of ketones is 1. The second-order valence-electron chi connectivity index (χ2n) is 3.96. The van der Waals surface area contributed by atoms with Crippen molar-refractivity contribution >= 4 is 27.4 Å². The topological polar surface area (TPSA) is 21.4 Å². The lowest BCUT2D eigenvalue weighted by molar-refractivity contribution is -0.120. The summed E-state index contributed by atoms with van der Waals surface area (Å²) in [4.78, 5) is 14.8. The van der Waals surface area contributed by atoms with Crippen molar-refractivity contribution in [2.24, 2.45) is 0 Å². The number of carbonyl (C=O) groups excluding carboxylic acids is 1. The highest BCUT2D eigenvalue weighted by Crippen LogP contribution is 2.29. The average Bonchev–Trinajstić information content (AvgIpc) is 2.28. The van der Waals surface area contributed by atoms with Gasteiger partial charge in [0.2, 0.25) is 5.69 Å². The van der Waals surface area contributed by atoms with E-state index < -0.39 is 11.2 Å². The fourth-order valence-electron chi connectivity index (χ4n) is 1.32. The van der Waals surface area contributed by atoms with Gasteiger partial charge in [-0.05, 0) is 31.5 Å². The first-order chi connectivity index (χ1) is 7.43. The Hall–Kier alpha value is -1.21. The lowest BCUT2D eigenvalue weighted by Gasteiger charge is -2.23. The molecule has 1 aromatic carbocycles. The van der Waals surface area contributed by atoms with E-state index in [1.807, 2.05) is 0 Å². The summed E-state index contributed by atoms with van der Waals surface area (Å²) in [5, 5.41) is 0.241. The van der Waals surface area contributed by atoms with Crippen LogP contribution in [0.2, 0.25) is 0 Å². The summed E-state index contributed by atoms with van der Waals surface area (Å²) in [5.41, 5.74) is -0.103. The molecule has 0 amide bonds. The number of halogens is 2. The molecule has 0 bridgehead atoms. The van der Waals surface area contributed by atoms with Crippen LogP contribution < -0.4 is 0 Å². The van der Waals surface area contributed by atoms with Crippen LogP contribution in [0.4, 0.5) is 10.1 Å². The summed E-state index contributed by atoms with van der Waals surface area (Å²) in [6.07, 6.45) is 0. The Morgan fingerprint density at radius 1 is 1.56 bits per heavy atom. The minimum Gasteiger partial charge on any atom is -0.298 e. The lowest BCUT2D eigenvalue weighted by Crippen LogP contribution is -2.29. The van der Waals surface area contributed by atoms with Crippen molar-refractivity contribution in [3.8, 4) is 0 Å². The Labute approximate surface area is 102 Å². The minimum atomic E-state index is -0.712. The van der Waals surface area contributed by atoms with Gasteiger partial charge in [-0.3, -0.25) is 4.79 Å². The molecule has 1 rings (SSSR count). The van der Waals surface area contributed by atoms with Crippen molar-refractivity contribution in [1.82, 2.24) is 0 Å². The third-order valence-electron chi connectivity index (χ3n) is 2.61. The minimum absolute atomic E-state index is 0.00459. The fraction of sp³-hybridized carbons (Fsp3) is 0.333. The molecule has 0 heterocycles. The van der Waals surface area contributed by atoms with E-state index in [-0.39, 0.29) is 16.8 Å². The van der Waals surface area contributed by atoms with Crippen molar-refractivity contribution in [3.63, 3.8) is 0 Å². The van der Waals surface area contributed by atoms with Gasteiger partial charge < -0.3 is 0 Å². The van der Waals surface area contributed by atoms with Gasteiger partial charge >= 0.3 is 0 Å². The highest BCUT2D eigenvalue weighted by Gasteiger charge is 2.28. The van der Waals surface area contributed by atoms with Gasteiger partial charge in [0.1, 0.15) is 5.82 Å². The van der Waals surface area contributed by atoms with Crippen LogP contribution in [0.25, 0.3) is 4.85 Å². The lowest BCUT2D eigenvalue weighted by atomic mass is 9.81. The smallest absolute Gasteiger partial charge is 0.222 e. The predicted molar refractivity (Wildman–Crippen MR) is 64.5 cm³/mol. The molecule has 0 unspecified atom stereocenters. The summed E-state index contributed by atoms with van der Waals surface area (Å²) in [6.45, 7) is 10.4. The second-order valence-corrected chi connectivity index (χ2v) is 4.52. The van der Waals surface area contributed by atoms with Crippen LogP contribution in [0.1, 0.15) is 19.4 Å². The number of Topliss-reactive ketones (excluding diaryl/α,β-unsaturated/α-hetero) is 1. The van der Waals surface area contributed by atoms with E-state index in [1.165, 1.54) is 12.1 Å². The third kappa shape index (κ3) is 2.30. The maximum atomic E-state index is 13.1. The Morgan fingerprint density at radius 2 is 2.19 bits per heavy atom. The summed E-state index contributed by atoms with van der Waals surface area (Å²) >= 11 is 3.11. The molecule has 0 aromatic heterocycles. The first kappa shape index (κ1) is 12.9. The molecule has 84 valence electrons. The van der Waals surface area contributed by atoms with Gasteiger partial charge in [-0.15, -0.1) is 0 Å². The standard InChI is InChI=1S/C12H11BrFNO/c1-12(2,11(16)7-13)8-4-5-9(14)10(6-8)15-3/h4-6H,7H2,1-2H3. The van der Waals surface area contributed by atoms with Gasteiger partial charge in [0.15, 0.2) is 5.78 Å². The van der Waals surface area contributed by atoms with Gasteiger partial charge in [-0.2, -0.15) is 0 Å². The maximum absolute atomic E-state index is 13.1. The highest BCUT2D eigenvalue weighted by molar-refractivity contribution is 9.09. The van der Waals surface area contributed by atoms with Gasteiger partial charge in [-0.1, -0.05) is 22.0 Å². The number of benzene rings is 1. The average molecular weight is 284 g/mol. The largest absolute Gasteiger partial charge is 0.298 e. The quantitative estimate of drug-likeness (QED) is 0.613. The first-order valence-electron chi connectivity index (χ1n) is 4.70. The molecule has 0 atom stereocenters. The molecule has 0 spiro atoms. The maximum Gasteiger partial charge on any atom is 0.222 e. The summed E-state index contributed by atoms with van der Waals surface area (Å²) in [5.74, 6) is -0.559. The van der Waals surface area contributed by atoms with Crippen molar-refractivity contribution in [2.75, 3.05) is 5.33 Å². The van der Waals surface area contributed by atoms with E-state index in [9.17, 15) is 9.18 Å². The molecular formula is C12H11BrFNO. The molecule has 0 saturated carbocycles. The zero-order valence-electron chi connectivity index (χ0n) is 9.05. The van der Waals surface area contributed by atoms with E-state index in [1.54, 1.807) is 19.9 Å². The van der Waals surface area contributed by atoms with Crippen molar-refractivity contribution in [1.29, 1.82) is 0 Å². The van der Waals surface area contributed by atoms with E-state index in [2.05, 4.69) is 20.8 Å². The predicted octanol–water partition coefficient (Wildman–Crippen LogP) is 3.62. The van der Waals surface area contributed by atoms with Crippen LogP contribution in [0, 0.1) is 12.4 Å². The molecule has 1 aromatic rings. The van der Waals surface area contributed by atoms with Crippen molar-refractivity contribution in [2.45, 2.75) is 19.3 Å². The van der Waals surface area contributed by atoms with E-state index >= 15 is 0 Å². The first-order valence-corrected chi connectivity index (χ1v) is 5.82. The Balaban J connectivity index is 3.25. The molecule has 0 radical (unpaired) electrons. The monoisotopic (exact) mass is 283 g/mol. The molecule has 0 aliphatic rings. The zero-order chi connectivity index (χ0) is 12.3. The number of alkyl halides is 1. The molecule has 2 nitrogen and oxygen atoms in total. The highest BCUT2D eigenvalue weighted by atomic mass is 79.9. The van der Waals surface area contributed by atoms with Gasteiger partial charge in [0.25, 0.3) is 0 Å². The summed E-state index contributed by atoms with van der Waals surface area (Å²) in [6, 6.07) is 4.21. The van der Waals surface area contributed by atoms with Crippen molar-refractivity contribution in [3.05, 3.63) is 41.0 Å². The van der Waals surface area contributed by atoms with Crippen LogP contribution in [-0.2, 0) is 10.2 Å². The molecule has 0 aliphatic carbocycles. The van der Waals surface area contributed by atoms with E-state index in [4.69, 9.17) is 6.57 Å². The van der Waals surface area contributed by atoms with Crippen LogP contribution in [0.15, 0.2) is 18.2 Å². The number of hydrogen-bond donors (Lipinski definition) is 0. The summed E-state index contributed by atoms with van der Waals surface area (Å²) in [7, 11) is 0.